The normalized spacial score (nSPS) is 11.1. The largest absolute Gasteiger partial charge is 0.494 e. The van der Waals surface area contributed by atoms with Gasteiger partial charge in [-0.05, 0) is 66.3 Å². The van der Waals surface area contributed by atoms with Crippen LogP contribution in [0.3, 0.4) is 0 Å². The van der Waals surface area contributed by atoms with Crippen molar-refractivity contribution >= 4 is 11.0 Å². The topological polar surface area (TPSA) is 48.7 Å². The van der Waals surface area contributed by atoms with E-state index in [1.54, 1.807) is 0 Å². The maximum Gasteiger partial charge on any atom is 0.344 e. The number of hydrogen-bond donors (Lipinski definition) is 0. The van der Waals surface area contributed by atoms with Gasteiger partial charge in [-0.1, -0.05) is 88.8 Å². The molecule has 0 aliphatic rings. The molecule has 0 fully saturated rings. The molecule has 4 rings (SSSR count). The zero-order chi connectivity index (χ0) is 26.7. The molecule has 0 saturated heterocycles. The second-order valence-corrected chi connectivity index (χ2v) is 9.97. The minimum Gasteiger partial charge on any atom is -0.494 e. The summed E-state index contributed by atoms with van der Waals surface area (Å²) < 4.78 is 17.4. The molecule has 0 atom stereocenters. The van der Waals surface area contributed by atoms with Gasteiger partial charge >= 0.3 is 5.63 Å². The number of ether oxygens (including phenoxy) is 2. The molecule has 0 spiro atoms. The molecular weight excluding hydrogens is 472 g/mol. The van der Waals surface area contributed by atoms with Crippen LogP contribution < -0.4 is 15.1 Å². The first-order valence-electron chi connectivity index (χ1n) is 14.1. The lowest BCUT2D eigenvalue weighted by molar-refractivity contribution is 0.304. The van der Waals surface area contributed by atoms with Crippen LogP contribution in [0.2, 0.25) is 0 Å². The van der Waals surface area contributed by atoms with Gasteiger partial charge in [-0.15, -0.1) is 0 Å². The Hall–Kier alpha value is -3.53. The zero-order valence-electron chi connectivity index (χ0n) is 23.1. The molecule has 4 nitrogen and oxygen atoms in total. The van der Waals surface area contributed by atoms with E-state index in [4.69, 9.17) is 13.9 Å². The van der Waals surface area contributed by atoms with Crippen LogP contribution in [0, 0.1) is 6.92 Å². The maximum atomic E-state index is 13.0. The van der Waals surface area contributed by atoms with Gasteiger partial charge in [-0.25, -0.2) is 4.79 Å². The fraction of sp³-hybridized carbons (Fsp3) is 0.382. The average Bonchev–Trinajstić information content (AvgIpc) is 2.93. The molecule has 4 heteroatoms. The third-order valence-corrected chi connectivity index (χ3v) is 7.03. The van der Waals surface area contributed by atoms with E-state index < -0.39 is 0 Å². The van der Waals surface area contributed by atoms with Crippen LogP contribution in [0.25, 0.3) is 33.2 Å². The second-order valence-electron chi connectivity index (χ2n) is 9.97. The molecular formula is C34H40O4. The van der Waals surface area contributed by atoms with Gasteiger partial charge in [0, 0.05) is 11.5 Å². The van der Waals surface area contributed by atoms with Crippen molar-refractivity contribution in [3.8, 4) is 33.8 Å². The summed E-state index contributed by atoms with van der Waals surface area (Å²) in [5.74, 6) is 1.63. The van der Waals surface area contributed by atoms with Crippen molar-refractivity contribution in [3.05, 3.63) is 82.7 Å². The van der Waals surface area contributed by atoms with Crippen molar-refractivity contribution in [2.75, 3.05) is 13.2 Å². The summed E-state index contributed by atoms with van der Waals surface area (Å²) in [6, 6.07) is 22.0. The SMILES string of the molecule is CCCCCCCCOc1ccc(-c2ccc(-c3c(C)c4ccc(OCCCC)cc4oc3=O)cc2)cc1. The summed E-state index contributed by atoms with van der Waals surface area (Å²) in [5.41, 5.74) is 4.79. The van der Waals surface area contributed by atoms with Gasteiger partial charge in [0.1, 0.15) is 17.1 Å². The highest BCUT2D eigenvalue weighted by atomic mass is 16.5. The van der Waals surface area contributed by atoms with Gasteiger partial charge in [0.2, 0.25) is 0 Å². The van der Waals surface area contributed by atoms with Crippen molar-refractivity contribution in [1.82, 2.24) is 0 Å². The molecule has 4 aromatic rings. The van der Waals surface area contributed by atoms with Gasteiger partial charge < -0.3 is 13.9 Å². The van der Waals surface area contributed by atoms with Gasteiger partial charge in [-0.3, -0.25) is 0 Å². The fourth-order valence-electron chi connectivity index (χ4n) is 4.74. The van der Waals surface area contributed by atoms with E-state index in [9.17, 15) is 4.79 Å². The van der Waals surface area contributed by atoms with E-state index in [0.717, 1.165) is 65.0 Å². The Morgan fingerprint density at radius 1 is 0.632 bits per heavy atom. The lowest BCUT2D eigenvalue weighted by Gasteiger charge is -2.11. The molecule has 0 bridgehead atoms. The Morgan fingerprint density at radius 2 is 1.18 bits per heavy atom. The predicted octanol–water partition coefficient (Wildman–Crippen LogP) is 9.35. The molecule has 0 amide bonds. The first kappa shape index (κ1) is 27.5. The quantitative estimate of drug-likeness (QED) is 0.125. The molecule has 1 heterocycles. The van der Waals surface area contributed by atoms with E-state index in [1.165, 1.54) is 32.1 Å². The highest BCUT2D eigenvalue weighted by molar-refractivity contribution is 5.87. The molecule has 0 saturated carbocycles. The van der Waals surface area contributed by atoms with Gasteiger partial charge in [0.15, 0.2) is 0 Å². The lowest BCUT2D eigenvalue weighted by atomic mass is 9.97. The molecule has 0 unspecified atom stereocenters. The third-order valence-electron chi connectivity index (χ3n) is 7.03. The number of benzene rings is 3. The molecule has 0 radical (unpaired) electrons. The van der Waals surface area contributed by atoms with Gasteiger partial charge in [0.25, 0.3) is 0 Å². The molecule has 0 N–H and O–H groups in total. The second kappa shape index (κ2) is 13.9. The fourth-order valence-corrected chi connectivity index (χ4v) is 4.74. The summed E-state index contributed by atoms with van der Waals surface area (Å²) in [5, 5.41) is 0.920. The number of rotatable bonds is 14. The van der Waals surface area contributed by atoms with Gasteiger partial charge in [-0.2, -0.15) is 0 Å². The summed E-state index contributed by atoms with van der Waals surface area (Å²) in [4.78, 5) is 13.0. The van der Waals surface area contributed by atoms with Crippen LogP contribution in [0.1, 0.15) is 70.8 Å². The minimum atomic E-state index is -0.333. The minimum absolute atomic E-state index is 0.333. The van der Waals surface area contributed by atoms with Gasteiger partial charge in [0.05, 0.1) is 18.8 Å². The Balaban J connectivity index is 1.42. The molecule has 0 aliphatic heterocycles. The lowest BCUT2D eigenvalue weighted by Crippen LogP contribution is -2.06. The Kier molecular flexibility index (Phi) is 10.0. The number of unbranched alkanes of at least 4 members (excludes halogenated alkanes) is 6. The van der Waals surface area contributed by atoms with E-state index in [-0.39, 0.29) is 5.63 Å². The summed E-state index contributed by atoms with van der Waals surface area (Å²) in [6.07, 6.45) is 9.62. The van der Waals surface area contributed by atoms with E-state index >= 15 is 0 Å². The average molecular weight is 513 g/mol. The van der Waals surface area contributed by atoms with Crippen molar-refractivity contribution in [1.29, 1.82) is 0 Å². The first-order valence-corrected chi connectivity index (χ1v) is 14.1. The third kappa shape index (κ3) is 7.06. The smallest absolute Gasteiger partial charge is 0.344 e. The Bertz CT molecular complexity index is 1350. The van der Waals surface area contributed by atoms with Crippen LogP contribution in [0.15, 0.2) is 75.9 Å². The molecule has 0 aliphatic carbocycles. The van der Waals surface area contributed by atoms with Crippen molar-refractivity contribution in [2.24, 2.45) is 0 Å². The standard InChI is InChI=1S/C34H40O4/c1-4-6-8-9-10-11-23-36-29-18-16-27(17-19-29)26-12-14-28(15-13-26)33-25(3)31-21-20-30(37-22-7-5-2)24-32(31)38-34(33)35/h12-21,24H,4-11,22-23H2,1-3H3. The molecule has 3 aromatic carbocycles. The first-order chi connectivity index (χ1) is 18.6. The van der Waals surface area contributed by atoms with Crippen molar-refractivity contribution < 1.29 is 13.9 Å². The maximum absolute atomic E-state index is 13.0. The molecule has 1 aromatic heterocycles. The van der Waals surface area contributed by atoms with E-state index in [1.807, 2.05) is 49.4 Å². The summed E-state index contributed by atoms with van der Waals surface area (Å²) in [6.45, 7) is 7.77. The predicted molar refractivity (Wildman–Crippen MR) is 157 cm³/mol. The highest BCUT2D eigenvalue weighted by Crippen LogP contribution is 2.31. The Labute approximate surface area is 226 Å². The molecule has 200 valence electrons. The monoisotopic (exact) mass is 512 g/mol. The van der Waals surface area contributed by atoms with E-state index in [2.05, 4.69) is 38.1 Å². The van der Waals surface area contributed by atoms with Crippen LogP contribution in [0.5, 0.6) is 11.5 Å². The highest BCUT2D eigenvalue weighted by Gasteiger charge is 2.14. The van der Waals surface area contributed by atoms with Crippen LogP contribution in [-0.4, -0.2) is 13.2 Å². The number of aryl methyl sites for hydroxylation is 1. The summed E-state index contributed by atoms with van der Waals surface area (Å²) >= 11 is 0. The zero-order valence-corrected chi connectivity index (χ0v) is 23.1. The van der Waals surface area contributed by atoms with E-state index in [0.29, 0.717) is 17.8 Å². The Morgan fingerprint density at radius 3 is 1.89 bits per heavy atom. The van der Waals surface area contributed by atoms with Crippen molar-refractivity contribution in [3.63, 3.8) is 0 Å². The van der Waals surface area contributed by atoms with Crippen LogP contribution in [-0.2, 0) is 0 Å². The van der Waals surface area contributed by atoms with Crippen LogP contribution in [0.4, 0.5) is 0 Å². The van der Waals surface area contributed by atoms with Crippen molar-refractivity contribution in [2.45, 2.75) is 72.1 Å². The molecule has 38 heavy (non-hydrogen) atoms. The number of hydrogen-bond acceptors (Lipinski definition) is 4. The van der Waals surface area contributed by atoms with Crippen LogP contribution >= 0.6 is 0 Å². The summed E-state index contributed by atoms with van der Waals surface area (Å²) in [7, 11) is 0. The number of fused-ring (bicyclic) bond motifs is 1.